The molecule has 0 N–H and O–H groups in total. The van der Waals surface area contributed by atoms with Gasteiger partial charge in [0.15, 0.2) is 5.78 Å². The molecule has 3 aliphatic rings. The lowest BCUT2D eigenvalue weighted by atomic mass is 9.68. The Balaban J connectivity index is 2.08. The number of fused-ring (bicyclic) bond motifs is 3. The zero-order valence-electron chi connectivity index (χ0n) is 10.8. The highest BCUT2D eigenvalue weighted by molar-refractivity contribution is 6.00. The minimum absolute atomic E-state index is 0.0128. The van der Waals surface area contributed by atoms with Crippen molar-refractivity contribution < 1.29 is 14.3 Å². The smallest absolute Gasteiger partial charge is 0.334 e. The fourth-order valence-electron chi connectivity index (χ4n) is 3.94. The zero-order valence-corrected chi connectivity index (χ0v) is 10.8. The van der Waals surface area contributed by atoms with Crippen molar-refractivity contribution in [3.05, 3.63) is 24.3 Å². The van der Waals surface area contributed by atoms with Gasteiger partial charge in [0.1, 0.15) is 6.10 Å². The van der Waals surface area contributed by atoms with Crippen molar-refractivity contribution in [3.63, 3.8) is 0 Å². The zero-order chi connectivity index (χ0) is 13.1. The Kier molecular flexibility index (Phi) is 2.31. The average molecular weight is 246 g/mol. The molecule has 1 saturated heterocycles. The van der Waals surface area contributed by atoms with Crippen molar-refractivity contribution in [2.75, 3.05) is 0 Å². The minimum atomic E-state index is -0.588. The Morgan fingerprint density at radius 2 is 2.11 bits per heavy atom. The highest BCUT2D eigenvalue weighted by Crippen LogP contribution is 2.54. The molecule has 3 heteroatoms. The fourth-order valence-corrected chi connectivity index (χ4v) is 3.94. The Morgan fingerprint density at radius 1 is 1.39 bits per heavy atom. The summed E-state index contributed by atoms with van der Waals surface area (Å²) in [5.41, 5.74) is -0.0378. The largest absolute Gasteiger partial charge is 0.457 e. The lowest BCUT2D eigenvalue weighted by molar-refractivity contribution is -0.150. The fraction of sp³-hybridized carbons (Fsp3) is 0.600. The molecule has 2 fully saturated rings. The molecule has 0 amide bonds. The van der Waals surface area contributed by atoms with E-state index in [4.69, 9.17) is 4.74 Å². The van der Waals surface area contributed by atoms with Crippen LogP contribution in [0.1, 0.15) is 26.7 Å². The number of hydrogen-bond acceptors (Lipinski definition) is 3. The van der Waals surface area contributed by atoms with Gasteiger partial charge in [0.05, 0.1) is 5.41 Å². The Morgan fingerprint density at radius 3 is 2.83 bits per heavy atom. The van der Waals surface area contributed by atoms with E-state index >= 15 is 0 Å². The molecule has 0 spiro atoms. The molecule has 0 bridgehead atoms. The lowest BCUT2D eigenvalue weighted by Gasteiger charge is -2.36. The molecule has 3 rings (SSSR count). The van der Waals surface area contributed by atoms with Gasteiger partial charge in [-0.2, -0.15) is 0 Å². The van der Waals surface area contributed by atoms with Crippen LogP contribution in [-0.2, 0) is 14.3 Å². The van der Waals surface area contributed by atoms with Crippen LogP contribution in [-0.4, -0.2) is 17.9 Å². The van der Waals surface area contributed by atoms with E-state index in [0.29, 0.717) is 11.5 Å². The maximum atomic E-state index is 12.3. The molecular weight excluding hydrogens is 228 g/mol. The maximum Gasteiger partial charge on any atom is 0.334 e. The van der Waals surface area contributed by atoms with E-state index < -0.39 is 5.41 Å². The first-order valence-electron chi connectivity index (χ1n) is 6.58. The van der Waals surface area contributed by atoms with Gasteiger partial charge in [0, 0.05) is 11.5 Å². The molecule has 3 unspecified atom stereocenters. The summed E-state index contributed by atoms with van der Waals surface area (Å²) in [6.45, 7) is 7.98. The second kappa shape index (κ2) is 3.56. The first-order chi connectivity index (χ1) is 8.46. The number of carbonyl (C=O) groups is 2. The second-order valence-corrected chi connectivity index (χ2v) is 6.04. The van der Waals surface area contributed by atoms with Gasteiger partial charge in [-0.15, -0.1) is 0 Å². The topological polar surface area (TPSA) is 43.4 Å². The van der Waals surface area contributed by atoms with Crippen LogP contribution in [0, 0.1) is 23.2 Å². The summed E-state index contributed by atoms with van der Waals surface area (Å²) in [4.78, 5) is 24.0. The number of carbonyl (C=O) groups excluding carboxylic acids is 2. The predicted molar refractivity (Wildman–Crippen MR) is 66.7 cm³/mol. The summed E-state index contributed by atoms with van der Waals surface area (Å²) < 4.78 is 5.49. The van der Waals surface area contributed by atoms with Gasteiger partial charge >= 0.3 is 5.97 Å². The van der Waals surface area contributed by atoms with Gasteiger partial charge in [0.25, 0.3) is 0 Å². The molecule has 1 aliphatic heterocycles. The van der Waals surface area contributed by atoms with Crippen LogP contribution in [0.3, 0.4) is 0 Å². The van der Waals surface area contributed by atoms with E-state index in [1.807, 2.05) is 13.0 Å². The number of esters is 1. The first-order valence-corrected chi connectivity index (χ1v) is 6.58. The van der Waals surface area contributed by atoms with Crippen LogP contribution in [0.2, 0.25) is 0 Å². The second-order valence-electron chi connectivity index (χ2n) is 6.04. The van der Waals surface area contributed by atoms with Gasteiger partial charge in [-0.3, -0.25) is 4.79 Å². The number of ether oxygens (including phenoxy) is 1. The standard InChI is InChI=1S/C15H18O3/c1-8-4-5-10-9(2)14(17)18-13(10)15(3)11(8)6-7-12(15)16/h6-8,10-11,13H,2,4-5H2,1,3H3/t8-,10?,11?,13?,15-/m0/s1. The molecule has 0 aromatic rings. The molecule has 0 radical (unpaired) electrons. The molecule has 0 aromatic carbocycles. The monoisotopic (exact) mass is 246 g/mol. The van der Waals surface area contributed by atoms with Crippen molar-refractivity contribution in [3.8, 4) is 0 Å². The molecule has 1 heterocycles. The van der Waals surface area contributed by atoms with Crippen LogP contribution in [0.4, 0.5) is 0 Å². The van der Waals surface area contributed by atoms with Crippen molar-refractivity contribution in [2.45, 2.75) is 32.8 Å². The van der Waals surface area contributed by atoms with Crippen LogP contribution in [0.25, 0.3) is 0 Å². The maximum absolute atomic E-state index is 12.3. The number of rotatable bonds is 0. The first kappa shape index (κ1) is 11.7. The third kappa shape index (κ3) is 1.25. The van der Waals surface area contributed by atoms with Gasteiger partial charge in [-0.05, 0) is 37.7 Å². The lowest BCUT2D eigenvalue weighted by Crippen LogP contribution is -2.45. The average Bonchev–Trinajstić information content (AvgIpc) is 2.75. The number of hydrogen-bond donors (Lipinski definition) is 0. The summed E-state index contributed by atoms with van der Waals surface area (Å²) in [6, 6.07) is 0. The van der Waals surface area contributed by atoms with Gasteiger partial charge in [0.2, 0.25) is 0 Å². The Labute approximate surface area is 107 Å². The summed E-state index contributed by atoms with van der Waals surface area (Å²) >= 11 is 0. The van der Waals surface area contributed by atoms with E-state index in [1.54, 1.807) is 6.08 Å². The SMILES string of the molecule is C=C1C(=O)OC2C1CC[C@H](C)C1C=CC(=O)[C@@]21C. The Hall–Kier alpha value is -1.38. The third-order valence-electron chi connectivity index (χ3n) is 5.12. The minimum Gasteiger partial charge on any atom is -0.457 e. The quantitative estimate of drug-likeness (QED) is 0.486. The van der Waals surface area contributed by atoms with Crippen LogP contribution in [0.5, 0.6) is 0 Å². The molecule has 2 aliphatic carbocycles. The van der Waals surface area contributed by atoms with Crippen molar-refractivity contribution in [1.82, 2.24) is 0 Å². The van der Waals surface area contributed by atoms with E-state index in [1.165, 1.54) is 0 Å². The molecule has 1 saturated carbocycles. The summed E-state index contributed by atoms with van der Waals surface area (Å²) in [7, 11) is 0. The van der Waals surface area contributed by atoms with Gasteiger partial charge < -0.3 is 4.74 Å². The van der Waals surface area contributed by atoms with Gasteiger partial charge in [-0.25, -0.2) is 4.79 Å². The van der Waals surface area contributed by atoms with E-state index in [0.717, 1.165) is 12.8 Å². The van der Waals surface area contributed by atoms with E-state index in [9.17, 15) is 9.59 Å². The third-order valence-corrected chi connectivity index (χ3v) is 5.12. The molecule has 96 valence electrons. The molecule has 5 atom stereocenters. The Bertz CT molecular complexity index is 476. The normalized spacial score (nSPS) is 46.7. The van der Waals surface area contributed by atoms with Crippen LogP contribution in [0.15, 0.2) is 24.3 Å². The molecule has 0 aromatic heterocycles. The molecule has 18 heavy (non-hydrogen) atoms. The highest BCUT2D eigenvalue weighted by atomic mass is 16.6. The number of ketones is 1. The number of allylic oxidation sites excluding steroid dienone is 2. The van der Waals surface area contributed by atoms with E-state index in [-0.39, 0.29) is 29.7 Å². The molecular formula is C15H18O3. The highest BCUT2D eigenvalue weighted by Gasteiger charge is 2.59. The molecule has 3 nitrogen and oxygen atoms in total. The van der Waals surface area contributed by atoms with E-state index in [2.05, 4.69) is 13.5 Å². The summed E-state index contributed by atoms with van der Waals surface area (Å²) in [6.07, 6.45) is 5.25. The van der Waals surface area contributed by atoms with Gasteiger partial charge in [-0.1, -0.05) is 19.6 Å². The van der Waals surface area contributed by atoms with Crippen LogP contribution >= 0.6 is 0 Å². The van der Waals surface area contributed by atoms with Crippen molar-refractivity contribution in [2.24, 2.45) is 23.2 Å². The van der Waals surface area contributed by atoms with Crippen molar-refractivity contribution >= 4 is 11.8 Å². The predicted octanol–water partition coefficient (Wildman–Crippen LogP) is 2.28. The van der Waals surface area contributed by atoms with Crippen LogP contribution < -0.4 is 0 Å². The summed E-state index contributed by atoms with van der Waals surface area (Å²) in [5, 5.41) is 0. The van der Waals surface area contributed by atoms with Crippen molar-refractivity contribution in [1.29, 1.82) is 0 Å². The summed E-state index contributed by atoms with van der Waals surface area (Å²) in [5.74, 6) is 0.408.